The van der Waals surface area contributed by atoms with Crippen molar-refractivity contribution in [2.45, 2.75) is 48.7 Å². The average Bonchev–Trinajstić information content (AvgIpc) is 3.30. The highest BCUT2D eigenvalue weighted by molar-refractivity contribution is 5.84. The van der Waals surface area contributed by atoms with Gasteiger partial charge in [0.1, 0.15) is 53.7 Å². The average molecular weight is 593 g/mol. The molecule has 0 spiro atoms. The lowest BCUT2D eigenvalue weighted by atomic mass is 9.99. The lowest BCUT2D eigenvalue weighted by Crippen LogP contribution is -2.60. The van der Waals surface area contributed by atoms with Gasteiger partial charge in [-0.3, -0.25) is 4.79 Å². The predicted octanol–water partition coefficient (Wildman–Crippen LogP) is -0.879. The van der Waals surface area contributed by atoms with Gasteiger partial charge in [0.25, 0.3) is 0 Å². The second kappa shape index (κ2) is 12.1. The van der Waals surface area contributed by atoms with Gasteiger partial charge < -0.3 is 63.5 Å². The van der Waals surface area contributed by atoms with Crippen LogP contribution in [-0.4, -0.2) is 113 Å². The summed E-state index contributed by atoms with van der Waals surface area (Å²) in [5, 5.41) is 61.3. The highest BCUT2D eigenvalue weighted by Crippen LogP contribution is 2.35. The molecule has 3 heterocycles. The number of benzene rings is 2. The molecule has 42 heavy (non-hydrogen) atoms. The third kappa shape index (κ3) is 5.56. The molecule has 5 rings (SSSR count). The lowest BCUT2D eigenvalue weighted by Gasteiger charge is -2.40. The zero-order valence-corrected chi connectivity index (χ0v) is 22.7. The zero-order valence-electron chi connectivity index (χ0n) is 22.7. The highest BCUT2D eigenvalue weighted by Gasteiger charge is 2.50. The predicted molar refractivity (Wildman–Crippen MR) is 142 cm³/mol. The van der Waals surface area contributed by atoms with Crippen LogP contribution in [0.3, 0.4) is 0 Å². The molecule has 2 aromatic carbocycles. The maximum absolute atomic E-state index is 13.3. The van der Waals surface area contributed by atoms with Crippen LogP contribution in [0.2, 0.25) is 0 Å². The molecule has 2 aliphatic heterocycles. The van der Waals surface area contributed by atoms with Crippen molar-refractivity contribution in [3.63, 3.8) is 0 Å². The molecule has 8 unspecified atom stereocenters. The smallest absolute Gasteiger partial charge is 0.229 e. The second-order valence-electron chi connectivity index (χ2n) is 10.1. The van der Waals surface area contributed by atoms with Gasteiger partial charge in [0.05, 0.1) is 45.0 Å². The Kier molecular flexibility index (Phi) is 8.71. The molecule has 2 fully saturated rings. The van der Waals surface area contributed by atoms with E-state index in [0.717, 1.165) is 0 Å². The van der Waals surface area contributed by atoms with Crippen molar-refractivity contribution in [2.24, 2.45) is 0 Å². The standard InChI is InChI=1S/C28H32O14/c1-36-14-5-3-13(4-6-14)16-9-38-17-8-19(18(37-2)7-15(17)21(16)30)41-26-24(33)23(32)22(31)20(42-26)10-39-27-25(34)28(35,11-29)12-40-27/h3-9,20,22-27,29,31-35H,10-12H2,1-2H3. The van der Waals surface area contributed by atoms with E-state index in [9.17, 15) is 35.4 Å². The Morgan fingerprint density at radius 2 is 1.69 bits per heavy atom. The molecule has 14 nitrogen and oxygen atoms in total. The topological polar surface area (TPSA) is 207 Å². The van der Waals surface area contributed by atoms with Crippen LogP contribution in [0.25, 0.3) is 22.1 Å². The number of hydrogen-bond donors (Lipinski definition) is 6. The molecule has 228 valence electrons. The second-order valence-corrected chi connectivity index (χ2v) is 10.1. The summed E-state index contributed by atoms with van der Waals surface area (Å²) in [6.07, 6.45) is -9.52. The van der Waals surface area contributed by atoms with E-state index in [-0.39, 0.29) is 27.9 Å². The van der Waals surface area contributed by atoms with Crippen LogP contribution >= 0.6 is 0 Å². The highest BCUT2D eigenvalue weighted by atomic mass is 16.7. The fourth-order valence-electron chi connectivity index (χ4n) is 4.76. The maximum atomic E-state index is 13.3. The minimum Gasteiger partial charge on any atom is -0.497 e. The minimum absolute atomic E-state index is 0.000198. The van der Waals surface area contributed by atoms with Gasteiger partial charge in [-0.1, -0.05) is 12.1 Å². The molecule has 1 aromatic heterocycles. The van der Waals surface area contributed by atoms with E-state index >= 15 is 0 Å². The maximum Gasteiger partial charge on any atom is 0.229 e. The first-order valence-electron chi connectivity index (χ1n) is 13.0. The first-order valence-corrected chi connectivity index (χ1v) is 13.0. The molecular weight excluding hydrogens is 560 g/mol. The molecule has 6 N–H and O–H groups in total. The molecule has 3 aromatic rings. The van der Waals surface area contributed by atoms with Gasteiger partial charge in [-0.25, -0.2) is 0 Å². The molecule has 0 bridgehead atoms. The van der Waals surface area contributed by atoms with Crippen LogP contribution < -0.4 is 19.6 Å². The molecule has 2 aliphatic rings. The van der Waals surface area contributed by atoms with Crippen LogP contribution in [-0.2, 0) is 14.2 Å². The number of ether oxygens (including phenoxy) is 6. The van der Waals surface area contributed by atoms with Crippen molar-refractivity contribution < 1.29 is 63.5 Å². The van der Waals surface area contributed by atoms with Crippen molar-refractivity contribution in [2.75, 3.05) is 34.0 Å². The number of aliphatic hydroxyl groups excluding tert-OH is 5. The van der Waals surface area contributed by atoms with E-state index in [2.05, 4.69) is 0 Å². The van der Waals surface area contributed by atoms with E-state index < -0.39 is 68.5 Å². The molecule has 2 saturated heterocycles. The summed E-state index contributed by atoms with van der Waals surface area (Å²) in [7, 11) is 2.88. The molecule has 0 saturated carbocycles. The monoisotopic (exact) mass is 592 g/mol. The molecular formula is C28H32O14. The largest absolute Gasteiger partial charge is 0.497 e. The van der Waals surface area contributed by atoms with E-state index in [0.29, 0.717) is 16.9 Å². The summed E-state index contributed by atoms with van der Waals surface area (Å²) in [6.45, 7) is -1.62. The minimum atomic E-state index is -1.92. The molecule has 14 heteroatoms. The normalized spacial score (nSPS) is 31.3. The molecule has 0 aliphatic carbocycles. The van der Waals surface area contributed by atoms with E-state index in [1.807, 2.05) is 0 Å². The van der Waals surface area contributed by atoms with E-state index in [1.165, 1.54) is 32.6 Å². The molecule has 8 atom stereocenters. The van der Waals surface area contributed by atoms with Crippen molar-refractivity contribution in [3.8, 4) is 28.4 Å². The van der Waals surface area contributed by atoms with Crippen LogP contribution in [0.15, 0.2) is 51.9 Å². The van der Waals surface area contributed by atoms with Gasteiger partial charge in [0, 0.05) is 6.07 Å². The third-order valence-corrected chi connectivity index (χ3v) is 7.38. The number of fused-ring (bicyclic) bond motifs is 1. The Labute approximate surface area is 238 Å². The van der Waals surface area contributed by atoms with E-state index in [4.69, 9.17) is 32.8 Å². The summed E-state index contributed by atoms with van der Waals surface area (Å²) in [6, 6.07) is 9.65. The van der Waals surface area contributed by atoms with Gasteiger partial charge in [-0.2, -0.15) is 0 Å². The molecule has 0 radical (unpaired) electrons. The van der Waals surface area contributed by atoms with E-state index in [1.54, 1.807) is 24.3 Å². The Bertz CT molecular complexity index is 1440. The van der Waals surface area contributed by atoms with Crippen LogP contribution in [0, 0.1) is 0 Å². The van der Waals surface area contributed by atoms with Crippen LogP contribution in [0.4, 0.5) is 0 Å². The van der Waals surface area contributed by atoms with Gasteiger partial charge in [-0.05, 0) is 23.8 Å². The SMILES string of the molecule is COc1ccc(-c2coc3cc(OC4OC(COC5OCC(O)(CO)C5O)C(O)C(O)C4O)c(OC)cc3c2=O)cc1. The Morgan fingerprint density at radius 3 is 2.33 bits per heavy atom. The Hall–Kier alpha value is -3.31. The first kappa shape index (κ1) is 30.2. The summed E-state index contributed by atoms with van der Waals surface area (Å²) < 4.78 is 38.4. The van der Waals surface area contributed by atoms with Gasteiger partial charge in [0.15, 0.2) is 17.8 Å². The summed E-state index contributed by atoms with van der Waals surface area (Å²) >= 11 is 0. The first-order chi connectivity index (χ1) is 20.1. The zero-order chi connectivity index (χ0) is 30.2. The number of hydrogen-bond acceptors (Lipinski definition) is 14. The summed E-state index contributed by atoms with van der Waals surface area (Å²) in [5.74, 6) is 0.723. The van der Waals surface area contributed by atoms with Crippen molar-refractivity contribution >= 4 is 11.0 Å². The quantitative estimate of drug-likeness (QED) is 0.178. The fraction of sp³-hybridized carbons (Fsp3) is 0.464. The fourth-order valence-corrected chi connectivity index (χ4v) is 4.76. The molecule has 0 amide bonds. The van der Waals surface area contributed by atoms with Crippen molar-refractivity contribution in [1.82, 2.24) is 0 Å². The van der Waals surface area contributed by atoms with Crippen LogP contribution in [0.5, 0.6) is 17.2 Å². The number of rotatable bonds is 9. The van der Waals surface area contributed by atoms with Crippen LogP contribution in [0.1, 0.15) is 0 Å². The van der Waals surface area contributed by atoms with Crippen molar-refractivity contribution in [3.05, 3.63) is 52.9 Å². The third-order valence-electron chi connectivity index (χ3n) is 7.38. The summed E-state index contributed by atoms with van der Waals surface area (Å²) in [4.78, 5) is 13.3. The number of aliphatic hydroxyl groups is 6. The Balaban J connectivity index is 1.36. The summed E-state index contributed by atoms with van der Waals surface area (Å²) in [5.41, 5.74) is -1.19. The Morgan fingerprint density at radius 1 is 0.952 bits per heavy atom. The lowest BCUT2D eigenvalue weighted by molar-refractivity contribution is -0.289. The number of methoxy groups -OCH3 is 2. The van der Waals surface area contributed by atoms with Crippen molar-refractivity contribution in [1.29, 1.82) is 0 Å². The van der Waals surface area contributed by atoms with Gasteiger partial charge in [0.2, 0.25) is 11.7 Å². The van der Waals surface area contributed by atoms with Gasteiger partial charge in [-0.15, -0.1) is 0 Å². The van der Waals surface area contributed by atoms with Gasteiger partial charge >= 0.3 is 0 Å².